The van der Waals surface area contributed by atoms with E-state index in [4.69, 9.17) is 14.2 Å². The van der Waals surface area contributed by atoms with E-state index in [0.717, 1.165) is 0 Å². The third kappa shape index (κ3) is 1.98. The smallest absolute Gasteiger partial charge is 0.438 e. The number of methoxy groups -OCH3 is 1. The molecule has 1 aliphatic carbocycles. The Hall–Kier alpha value is -1.07. The van der Waals surface area contributed by atoms with Crippen LogP contribution in [0.2, 0.25) is 0 Å². The fraction of sp³-hybridized carbons (Fsp3) is 0.700. The first kappa shape index (κ1) is 10.4. The highest BCUT2D eigenvalue weighted by Gasteiger charge is 2.47. The summed E-state index contributed by atoms with van der Waals surface area (Å²) >= 11 is 0. The summed E-state index contributed by atoms with van der Waals surface area (Å²) in [7, 11) is 1.27. The van der Waals surface area contributed by atoms with Crippen LogP contribution in [0.1, 0.15) is 13.8 Å². The van der Waals surface area contributed by atoms with Crippen LogP contribution in [0.5, 0.6) is 0 Å². The van der Waals surface area contributed by atoms with Gasteiger partial charge in [0.15, 0.2) is 11.9 Å². The predicted molar refractivity (Wildman–Crippen MR) is 50.2 cm³/mol. The standard InChI is InChI=1S/C10H14O5/c1-10(2)14-7-5-4-6(8(7)15-10)13-9(11)12-3/h4-8H,1-3H3/t6-,7+,8-/m0/s1. The van der Waals surface area contributed by atoms with Crippen LogP contribution >= 0.6 is 0 Å². The van der Waals surface area contributed by atoms with E-state index in [1.165, 1.54) is 7.11 Å². The highest BCUT2D eigenvalue weighted by atomic mass is 16.8. The van der Waals surface area contributed by atoms with Gasteiger partial charge in [-0.1, -0.05) is 6.08 Å². The predicted octanol–water partition coefficient (Wildman–Crippen LogP) is 1.23. The normalized spacial score (nSPS) is 36.3. The van der Waals surface area contributed by atoms with Gasteiger partial charge in [-0.25, -0.2) is 4.79 Å². The summed E-state index contributed by atoms with van der Waals surface area (Å²) in [5.41, 5.74) is 0. The summed E-state index contributed by atoms with van der Waals surface area (Å²) in [4.78, 5) is 10.9. The van der Waals surface area contributed by atoms with Crippen molar-refractivity contribution in [3.05, 3.63) is 12.2 Å². The van der Waals surface area contributed by atoms with Crippen LogP contribution in [-0.2, 0) is 18.9 Å². The van der Waals surface area contributed by atoms with Crippen LogP contribution in [0.3, 0.4) is 0 Å². The molecule has 0 saturated carbocycles. The molecular formula is C10H14O5. The summed E-state index contributed by atoms with van der Waals surface area (Å²) in [6.45, 7) is 3.66. The summed E-state index contributed by atoms with van der Waals surface area (Å²) in [6.07, 6.45) is 2.05. The fourth-order valence-corrected chi connectivity index (χ4v) is 1.81. The first-order valence-corrected chi connectivity index (χ1v) is 4.80. The van der Waals surface area contributed by atoms with Crippen molar-refractivity contribution in [2.24, 2.45) is 0 Å². The Morgan fingerprint density at radius 1 is 1.33 bits per heavy atom. The molecule has 5 nitrogen and oxygen atoms in total. The SMILES string of the molecule is COC(=O)O[C@H]1C=C[C@H]2OC(C)(C)O[C@@H]12. The summed E-state index contributed by atoms with van der Waals surface area (Å²) < 4.78 is 20.6. The highest BCUT2D eigenvalue weighted by Crippen LogP contribution is 2.35. The second kappa shape index (κ2) is 3.50. The van der Waals surface area contributed by atoms with Crippen LogP contribution in [0.15, 0.2) is 12.2 Å². The van der Waals surface area contributed by atoms with E-state index in [0.29, 0.717) is 0 Å². The van der Waals surface area contributed by atoms with Crippen molar-refractivity contribution in [1.29, 1.82) is 0 Å². The number of fused-ring (bicyclic) bond motifs is 1. The minimum Gasteiger partial charge on any atom is -0.438 e. The molecule has 0 N–H and O–H groups in total. The molecule has 1 heterocycles. The van der Waals surface area contributed by atoms with Crippen LogP contribution in [0.4, 0.5) is 4.79 Å². The number of carbonyl (C=O) groups excluding carboxylic acids is 1. The maximum atomic E-state index is 10.9. The van der Waals surface area contributed by atoms with E-state index in [2.05, 4.69) is 4.74 Å². The molecule has 0 aromatic carbocycles. The molecule has 0 radical (unpaired) electrons. The minimum atomic E-state index is -0.710. The Morgan fingerprint density at radius 2 is 2.07 bits per heavy atom. The first-order chi connectivity index (χ1) is 7.02. The lowest BCUT2D eigenvalue weighted by molar-refractivity contribution is -0.153. The van der Waals surface area contributed by atoms with Crippen molar-refractivity contribution >= 4 is 6.16 Å². The van der Waals surface area contributed by atoms with Gasteiger partial charge in [-0.2, -0.15) is 0 Å². The number of carbonyl (C=O) groups is 1. The molecule has 1 aliphatic heterocycles. The van der Waals surface area contributed by atoms with Gasteiger partial charge in [0.1, 0.15) is 12.2 Å². The van der Waals surface area contributed by atoms with Crippen molar-refractivity contribution in [3.8, 4) is 0 Å². The molecule has 2 aliphatic rings. The lowest BCUT2D eigenvalue weighted by atomic mass is 10.2. The van der Waals surface area contributed by atoms with Gasteiger partial charge in [0.25, 0.3) is 0 Å². The number of rotatable bonds is 1. The molecule has 5 heteroatoms. The second-order valence-corrected chi connectivity index (χ2v) is 3.99. The van der Waals surface area contributed by atoms with Crippen molar-refractivity contribution < 1.29 is 23.7 Å². The zero-order chi connectivity index (χ0) is 11.1. The molecule has 0 aromatic heterocycles. The maximum Gasteiger partial charge on any atom is 0.508 e. The zero-order valence-electron chi connectivity index (χ0n) is 8.93. The van der Waals surface area contributed by atoms with Crippen molar-refractivity contribution in [2.75, 3.05) is 7.11 Å². The lowest BCUT2D eigenvalue weighted by Crippen LogP contribution is -2.32. The highest BCUT2D eigenvalue weighted by molar-refractivity contribution is 5.60. The second-order valence-electron chi connectivity index (χ2n) is 3.99. The molecule has 3 atom stereocenters. The lowest BCUT2D eigenvalue weighted by Gasteiger charge is -2.20. The van der Waals surface area contributed by atoms with Gasteiger partial charge < -0.3 is 18.9 Å². The molecule has 1 saturated heterocycles. The van der Waals surface area contributed by atoms with Crippen LogP contribution in [-0.4, -0.2) is 37.4 Å². The molecular weight excluding hydrogens is 200 g/mol. The van der Waals surface area contributed by atoms with Gasteiger partial charge in [-0.15, -0.1) is 0 Å². The Kier molecular flexibility index (Phi) is 2.44. The molecule has 0 bridgehead atoms. The maximum absolute atomic E-state index is 10.9. The Labute approximate surface area is 87.9 Å². The molecule has 0 spiro atoms. The van der Waals surface area contributed by atoms with Crippen molar-refractivity contribution in [3.63, 3.8) is 0 Å². The summed E-state index contributed by atoms with van der Waals surface area (Å²) in [5, 5.41) is 0. The van der Waals surface area contributed by atoms with Crippen LogP contribution in [0, 0.1) is 0 Å². The van der Waals surface area contributed by atoms with Gasteiger partial charge in [-0.05, 0) is 19.9 Å². The van der Waals surface area contributed by atoms with Gasteiger partial charge in [0.05, 0.1) is 7.11 Å². The van der Waals surface area contributed by atoms with Crippen LogP contribution in [0.25, 0.3) is 0 Å². The van der Waals surface area contributed by atoms with Gasteiger partial charge >= 0.3 is 6.16 Å². The van der Waals surface area contributed by atoms with Gasteiger partial charge in [-0.3, -0.25) is 0 Å². The zero-order valence-corrected chi connectivity index (χ0v) is 8.93. The Morgan fingerprint density at radius 3 is 2.73 bits per heavy atom. The third-order valence-electron chi connectivity index (χ3n) is 2.38. The Bertz CT molecular complexity index is 296. The molecule has 0 aromatic rings. The Balaban J connectivity index is 2.00. The van der Waals surface area contributed by atoms with E-state index in [1.807, 2.05) is 19.9 Å². The van der Waals surface area contributed by atoms with Crippen molar-refractivity contribution in [1.82, 2.24) is 0 Å². The van der Waals surface area contributed by atoms with E-state index < -0.39 is 18.0 Å². The van der Waals surface area contributed by atoms with Crippen molar-refractivity contribution in [2.45, 2.75) is 37.9 Å². The van der Waals surface area contributed by atoms with E-state index in [-0.39, 0.29) is 12.2 Å². The molecule has 1 fully saturated rings. The van der Waals surface area contributed by atoms with E-state index >= 15 is 0 Å². The average molecular weight is 214 g/mol. The molecule has 2 rings (SSSR count). The van der Waals surface area contributed by atoms with E-state index in [1.54, 1.807) is 6.08 Å². The topological polar surface area (TPSA) is 54.0 Å². The third-order valence-corrected chi connectivity index (χ3v) is 2.38. The average Bonchev–Trinajstić information content (AvgIpc) is 2.63. The number of hydrogen-bond acceptors (Lipinski definition) is 5. The summed E-state index contributed by atoms with van der Waals surface area (Å²) in [5.74, 6) is -0.627. The van der Waals surface area contributed by atoms with Crippen LogP contribution < -0.4 is 0 Å². The summed E-state index contributed by atoms with van der Waals surface area (Å²) in [6, 6.07) is 0. The molecule has 15 heavy (non-hydrogen) atoms. The largest absolute Gasteiger partial charge is 0.508 e. The fourth-order valence-electron chi connectivity index (χ4n) is 1.81. The van der Waals surface area contributed by atoms with Gasteiger partial charge in [0.2, 0.25) is 0 Å². The first-order valence-electron chi connectivity index (χ1n) is 4.80. The number of ether oxygens (including phenoxy) is 4. The number of hydrogen-bond donors (Lipinski definition) is 0. The quantitative estimate of drug-likeness (QED) is 0.485. The monoisotopic (exact) mass is 214 g/mol. The minimum absolute atomic E-state index is 0.144. The van der Waals surface area contributed by atoms with E-state index in [9.17, 15) is 4.79 Å². The van der Waals surface area contributed by atoms with Gasteiger partial charge in [0, 0.05) is 0 Å². The molecule has 0 amide bonds. The molecule has 0 unspecified atom stereocenters. The molecule has 84 valence electrons.